The average Bonchev–Trinajstić information content (AvgIpc) is 2.39. The first kappa shape index (κ1) is 13.6. The van der Waals surface area contributed by atoms with Gasteiger partial charge in [-0.2, -0.15) is 0 Å². The molecule has 0 aliphatic carbocycles. The van der Waals surface area contributed by atoms with E-state index in [9.17, 15) is 10.1 Å². The number of nitro groups is 1. The molecule has 1 saturated heterocycles. The Morgan fingerprint density at radius 3 is 2.95 bits per heavy atom. The summed E-state index contributed by atoms with van der Waals surface area (Å²) in [6, 6.07) is 3.45. The normalized spacial score (nSPS) is 19.3. The number of hydrogen-bond donors (Lipinski definition) is 1. The van der Waals surface area contributed by atoms with Gasteiger partial charge in [0.25, 0.3) is 5.69 Å². The Morgan fingerprint density at radius 2 is 2.32 bits per heavy atom. The first-order valence-corrected chi connectivity index (χ1v) is 6.78. The van der Waals surface area contributed by atoms with Crippen molar-refractivity contribution in [3.05, 3.63) is 22.2 Å². The molecule has 6 heteroatoms. The first-order valence-electron chi connectivity index (χ1n) is 6.78. The highest BCUT2D eigenvalue weighted by atomic mass is 16.6. The molecule has 104 valence electrons. The molecule has 1 atom stereocenters. The van der Waals surface area contributed by atoms with Crippen molar-refractivity contribution in [1.29, 1.82) is 0 Å². The lowest BCUT2D eigenvalue weighted by molar-refractivity contribution is -0.384. The second kappa shape index (κ2) is 5.86. The summed E-state index contributed by atoms with van der Waals surface area (Å²) in [6.45, 7) is 5.71. The van der Waals surface area contributed by atoms with Gasteiger partial charge in [-0.1, -0.05) is 0 Å². The van der Waals surface area contributed by atoms with Gasteiger partial charge >= 0.3 is 0 Å². The van der Waals surface area contributed by atoms with Crippen molar-refractivity contribution >= 4 is 17.3 Å². The van der Waals surface area contributed by atoms with E-state index in [0.29, 0.717) is 24.2 Å². The number of anilines is 2. The Hall–Kier alpha value is -1.85. The average molecular weight is 264 g/mol. The van der Waals surface area contributed by atoms with Crippen molar-refractivity contribution in [1.82, 2.24) is 4.98 Å². The fourth-order valence-electron chi connectivity index (χ4n) is 2.46. The van der Waals surface area contributed by atoms with E-state index in [1.165, 1.54) is 12.5 Å². The summed E-state index contributed by atoms with van der Waals surface area (Å²) in [7, 11) is 0. The standard InChI is InChI=1S/C13H20N4O2/c1-3-14-12-8-11(17(18)19)9-13(15-12)16-7-5-4-6-10(16)2/h8-10H,3-7H2,1-2H3,(H,14,15). The van der Waals surface area contributed by atoms with Gasteiger partial charge in [-0.25, -0.2) is 4.98 Å². The quantitative estimate of drug-likeness (QED) is 0.668. The zero-order valence-corrected chi connectivity index (χ0v) is 11.4. The maximum atomic E-state index is 11.0. The number of nitrogens with one attached hydrogen (secondary N) is 1. The van der Waals surface area contributed by atoms with Gasteiger partial charge in [0.2, 0.25) is 0 Å². The molecule has 2 heterocycles. The Labute approximate surface area is 113 Å². The van der Waals surface area contributed by atoms with Crippen molar-refractivity contribution in [2.45, 2.75) is 39.2 Å². The zero-order valence-electron chi connectivity index (χ0n) is 11.4. The van der Waals surface area contributed by atoms with Gasteiger partial charge in [0.1, 0.15) is 11.6 Å². The minimum atomic E-state index is -0.360. The molecule has 1 aliphatic rings. The molecule has 19 heavy (non-hydrogen) atoms. The number of pyridine rings is 1. The van der Waals surface area contributed by atoms with Gasteiger partial charge in [0.15, 0.2) is 0 Å². The maximum absolute atomic E-state index is 11.0. The molecule has 0 saturated carbocycles. The maximum Gasteiger partial charge on any atom is 0.276 e. The highest BCUT2D eigenvalue weighted by Crippen LogP contribution is 2.28. The summed E-state index contributed by atoms with van der Waals surface area (Å²) in [5.41, 5.74) is 0.0960. The van der Waals surface area contributed by atoms with Crippen LogP contribution >= 0.6 is 0 Å². The van der Waals surface area contributed by atoms with E-state index >= 15 is 0 Å². The molecule has 0 bridgehead atoms. The van der Waals surface area contributed by atoms with Crippen LogP contribution in [0, 0.1) is 10.1 Å². The largest absolute Gasteiger partial charge is 0.370 e. The van der Waals surface area contributed by atoms with Crippen molar-refractivity contribution in [2.75, 3.05) is 23.3 Å². The summed E-state index contributed by atoms with van der Waals surface area (Å²) >= 11 is 0. The van der Waals surface area contributed by atoms with Gasteiger partial charge in [-0.3, -0.25) is 10.1 Å². The third-order valence-electron chi connectivity index (χ3n) is 3.46. The summed E-state index contributed by atoms with van der Waals surface area (Å²) < 4.78 is 0. The Morgan fingerprint density at radius 1 is 1.53 bits per heavy atom. The highest BCUT2D eigenvalue weighted by Gasteiger charge is 2.22. The lowest BCUT2D eigenvalue weighted by Gasteiger charge is -2.34. The van der Waals surface area contributed by atoms with Gasteiger partial charge in [0, 0.05) is 19.1 Å². The molecular weight excluding hydrogens is 244 g/mol. The van der Waals surface area contributed by atoms with Crippen LogP contribution in [0.3, 0.4) is 0 Å². The minimum absolute atomic E-state index is 0.0960. The summed E-state index contributed by atoms with van der Waals surface area (Å²) in [4.78, 5) is 17.3. The van der Waals surface area contributed by atoms with Gasteiger partial charge in [-0.05, 0) is 33.1 Å². The van der Waals surface area contributed by atoms with Crippen LogP contribution in [0.25, 0.3) is 0 Å². The zero-order chi connectivity index (χ0) is 13.8. The highest BCUT2D eigenvalue weighted by molar-refractivity contribution is 5.56. The molecule has 1 unspecified atom stereocenters. The third-order valence-corrected chi connectivity index (χ3v) is 3.46. The second-order valence-electron chi connectivity index (χ2n) is 4.89. The van der Waals surface area contributed by atoms with Crippen LogP contribution in [0.2, 0.25) is 0 Å². The Kier molecular flexibility index (Phi) is 4.19. The Balaban J connectivity index is 2.34. The third kappa shape index (κ3) is 3.13. The molecule has 0 spiro atoms. The van der Waals surface area contributed by atoms with Gasteiger partial charge < -0.3 is 10.2 Å². The minimum Gasteiger partial charge on any atom is -0.370 e. The number of piperidine rings is 1. The second-order valence-corrected chi connectivity index (χ2v) is 4.89. The molecule has 1 aliphatic heterocycles. The lowest BCUT2D eigenvalue weighted by atomic mass is 10.0. The lowest BCUT2D eigenvalue weighted by Crippen LogP contribution is -2.38. The molecule has 6 nitrogen and oxygen atoms in total. The van der Waals surface area contributed by atoms with Crippen LogP contribution in [-0.4, -0.2) is 29.0 Å². The van der Waals surface area contributed by atoms with Crippen LogP contribution < -0.4 is 10.2 Å². The molecule has 0 aromatic carbocycles. The summed E-state index contributed by atoms with van der Waals surface area (Å²) in [6.07, 6.45) is 3.44. The predicted molar refractivity (Wildman–Crippen MR) is 75.7 cm³/mol. The Bertz CT molecular complexity index is 464. The summed E-state index contributed by atoms with van der Waals surface area (Å²) in [5.74, 6) is 1.28. The summed E-state index contributed by atoms with van der Waals surface area (Å²) in [5, 5.41) is 14.1. The molecule has 1 aromatic heterocycles. The van der Waals surface area contributed by atoms with Crippen molar-refractivity contribution in [3.8, 4) is 0 Å². The molecule has 1 fully saturated rings. The number of nitrogens with zero attached hydrogens (tertiary/aromatic N) is 3. The van der Waals surface area contributed by atoms with Crippen molar-refractivity contribution in [3.63, 3.8) is 0 Å². The van der Waals surface area contributed by atoms with Crippen molar-refractivity contribution in [2.24, 2.45) is 0 Å². The molecule has 2 rings (SSSR count). The monoisotopic (exact) mass is 264 g/mol. The molecule has 0 radical (unpaired) electrons. The molecule has 1 aromatic rings. The van der Waals surface area contributed by atoms with Crippen LogP contribution in [0.1, 0.15) is 33.1 Å². The van der Waals surface area contributed by atoms with E-state index in [2.05, 4.69) is 22.1 Å². The number of hydrogen-bond acceptors (Lipinski definition) is 5. The van der Waals surface area contributed by atoms with E-state index in [0.717, 1.165) is 19.4 Å². The van der Waals surface area contributed by atoms with Gasteiger partial charge in [-0.15, -0.1) is 0 Å². The number of rotatable bonds is 4. The van der Waals surface area contributed by atoms with Gasteiger partial charge in [0.05, 0.1) is 17.1 Å². The smallest absolute Gasteiger partial charge is 0.276 e. The van der Waals surface area contributed by atoms with Crippen LogP contribution in [0.4, 0.5) is 17.3 Å². The fraction of sp³-hybridized carbons (Fsp3) is 0.615. The van der Waals surface area contributed by atoms with E-state index < -0.39 is 0 Å². The van der Waals surface area contributed by atoms with Crippen LogP contribution in [0.5, 0.6) is 0 Å². The molecular formula is C13H20N4O2. The fourth-order valence-corrected chi connectivity index (χ4v) is 2.46. The van der Waals surface area contributed by atoms with Crippen LogP contribution in [0.15, 0.2) is 12.1 Å². The molecule has 0 amide bonds. The van der Waals surface area contributed by atoms with E-state index in [-0.39, 0.29) is 10.6 Å². The van der Waals surface area contributed by atoms with E-state index in [1.54, 1.807) is 6.07 Å². The predicted octanol–water partition coefficient (Wildman–Crippen LogP) is 2.80. The molecule has 1 N–H and O–H groups in total. The van der Waals surface area contributed by atoms with Crippen molar-refractivity contribution < 1.29 is 4.92 Å². The first-order chi connectivity index (χ1) is 9.11. The number of aromatic nitrogens is 1. The topological polar surface area (TPSA) is 71.3 Å². The van der Waals surface area contributed by atoms with E-state index in [4.69, 9.17) is 0 Å². The SMILES string of the molecule is CCNc1cc([N+](=O)[O-])cc(N2CCCCC2C)n1. The van der Waals surface area contributed by atoms with Crippen LogP contribution in [-0.2, 0) is 0 Å². The van der Waals surface area contributed by atoms with E-state index in [1.807, 2.05) is 6.92 Å².